The van der Waals surface area contributed by atoms with E-state index < -0.39 is 6.04 Å². The molecule has 24 heavy (non-hydrogen) atoms. The number of fused-ring (bicyclic) bond motifs is 2. The van der Waals surface area contributed by atoms with Crippen molar-refractivity contribution in [3.63, 3.8) is 0 Å². The maximum Gasteiger partial charge on any atom is 0.267 e. The highest BCUT2D eigenvalue weighted by Gasteiger charge is 2.27. The molecule has 2 heterocycles. The maximum atomic E-state index is 12.9. The van der Waals surface area contributed by atoms with E-state index in [1.165, 1.54) is 15.8 Å². The minimum Gasteiger partial charge on any atom is -0.336 e. The Labute approximate surface area is 140 Å². The summed E-state index contributed by atoms with van der Waals surface area (Å²) in [5.74, 6) is -0.0305. The quantitative estimate of drug-likeness (QED) is 0.848. The molecule has 0 saturated heterocycles. The van der Waals surface area contributed by atoms with Crippen molar-refractivity contribution in [2.45, 2.75) is 45.2 Å². The highest BCUT2D eigenvalue weighted by molar-refractivity contribution is 5.80. The Morgan fingerprint density at radius 2 is 1.92 bits per heavy atom. The van der Waals surface area contributed by atoms with Crippen LogP contribution in [0.3, 0.4) is 0 Å². The number of aryl methyl sites for hydroxylation is 2. The molecule has 1 unspecified atom stereocenters. The molecule has 0 fully saturated rings. The number of hydrogen-bond donors (Lipinski definition) is 0. The summed E-state index contributed by atoms with van der Waals surface area (Å²) >= 11 is 0. The number of benzene rings is 1. The van der Waals surface area contributed by atoms with Crippen molar-refractivity contribution >= 4 is 5.91 Å². The SMILES string of the molecule is CC(C(=O)N1CCc2ccccc2C1)n1nc2c(cc1=O)CCC2. The minimum atomic E-state index is -0.561. The molecule has 1 aromatic carbocycles. The average molecular weight is 323 g/mol. The van der Waals surface area contributed by atoms with E-state index in [4.69, 9.17) is 0 Å². The predicted octanol–water partition coefficient (Wildman–Crippen LogP) is 1.88. The van der Waals surface area contributed by atoms with Gasteiger partial charge in [0, 0.05) is 19.2 Å². The van der Waals surface area contributed by atoms with Gasteiger partial charge < -0.3 is 4.90 Å². The van der Waals surface area contributed by atoms with Gasteiger partial charge in [-0.2, -0.15) is 5.10 Å². The lowest BCUT2D eigenvalue weighted by molar-refractivity contribution is -0.135. The van der Waals surface area contributed by atoms with Crippen LogP contribution in [-0.2, 0) is 30.6 Å². The van der Waals surface area contributed by atoms with Crippen molar-refractivity contribution in [1.82, 2.24) is 14.7 Å². The lowest BCUT2D eigenvalue weighted by Gasteiger charge is -2.31. The zero-order valence-corrected chi connectivity index (χ0v) is 13.9. The van der Waals surface area contributed by atoms with Crippen LogP contribution in [0, 0.1) is 0 Å². The third-order valence-electron chi connectivity index (χ3n) is 5.15. The summed E-state index contributed by atoms with van der Waals surface area (Å²) in [6.07, 6.45) is 3.72. The van der Waals surface area contributed by atoms with Gasteiger partial charge in [-0.3, -0.25) is 9.59 Å². The Hall–Kier alpha value is -2.43. The first-order chi connectivity index (χ1) is 11.6. The molecule has 1 aliphatic carbocycles. The van der Waals surface area contributed by atoms with Gasteiger partial charge in [0.15, 0.2) is 0 Å². The van der Waals surface area contributed by atoms with Gasteiger partial charge in [-0.1, -0.05) is 24.3 Å². The van der Waals surface area contributed by atoms with Crippen LogP contribution < -0.4 is 5.56 Å². The lowest BCUT2D eigenvalue weighted by atomic mass is 9.99. The van der Waals surface area contributed by atoms with Gasteiger partial charge in [-0.25, -0.2) is 4.68 Å². The van der Waals surface area contributed by atoms with Crippen LogP contribution in [0.2, 0.25) is 0 Å². The summed E-state index contributed by atoms with van der Waals surface area (Å²) in [6, 6.07) is 9.32. The Kier molecular flexibility index (Phi) is 3.71. The van der Waals surface area contributed by atoms with Gasteiger partial charge >= 0.3 is 0 Å². The highest BCUT2D eigenvalue weighted by atomic mass is 16.2. The zero-order chi connectivity index (χ0) is 16.7. The lowest BCUT2D eigenvalue weighted by Crippen LogP contribution is -2.42. The fraction of sp³-hybridized carbons (Fsp3) is 0.421. The molecule has 0 saturated carbocycles. The van der Waals surface area contributed by atoms with Crippen molar-refractivity contribution in [3.8, 4) is 0 Å². The molecule has 2 aliphatic rings. The normalized spacial score (nSPS) is 17.3. The molecule has 0 spiro atoms. The monoisotopic (exact) mass is 323 g/mol. The summed E-state index contributed by atoms with van der Waals surface area (Å²) in [6.45, 7) is 3.08. The number of carbonyl (C=O) groups is 1. The van der Waals surface area contributed by atoms with Crippen LogP contribution in [0.25, 0.3) is 0 Å². The van der Waals surface area contributed by atoms with Gasteiger partial charge in [0.2, 0.25) is 5.91 Å². The molecule has 2 aromatic rings. The molecule has 1 aromatic heterocycles. The zero-order valence-electron chi connectivity index (χ0n) is 13.9. The topological polar surface area (TPSA) is 55.2 Å². The summed E-state index contributed by atoms with van der Waals surface area (Å²) in [4.78, 5) is 27.1. The van der Waals surface area contributed by atoms with Gasteiger partial charge in [0.1, 0.15) is 6.04 Å². The van der Waals surface area contributed by atoms with Crippen molar-refractivity contribution in [3.05, 3.63) is 63.1 Å². The van der Waals surface area contributed by atoms with E-state index in [2.05, 4.69) is 17.2 Å². The van der Waals surface area contributed by atoms with Crippen LogP contribution >= 0.6 is 0 Å². The van der Waals surface area contributed by atoms with E-state index >= 15 is 0 Å². The van der Waals surface area contributed by atoms with Crippen molar-refractivity contribution in [2.75, 3.05) is 6.54 Å². The number of rotatable bonds is 2. The number of aromatic nitrogens is 2. The van der Waals surface area contributed by atoms with E-state index in [-0.39, 0.29) is 11.5 Å². The minimum absolute atomic E-state index is 0.0305. The molecule has 5 heteroatoms. The Bertz CT molecular complexity index is 856. The third kappa shape index (κ3) is 2.54. The van der Waals surface area contributed by atoms with E-state index in [9.17, 15) is 9.59 Å². The van der Waals surface area contributed by atoms with Gasteiger partial charge in [0.25, 0.3) is 5.56 Å². The standard InChI is InChI=1S/C19H21N3O2/c1-13(22-18(23)11-15-7-4-8-17(15)20-22)19(24)21-10-9-14-5-2-3-6-16(14)12-21/h2-3,5-6,11,13H,4,7-10,12H2,1H3. The molecular formula is C19H21N3O2. The maximum absolute atomic E-state index is 12.9. The first-order valence-electron chi connectivity index (χ1n) is 8.60. The Morgan fingerprint density at radius 3 is 2.75 bits per heavy atom. The molecular weight excluding hydrogens is 302 g/mol. The second-order valence-electron chi connectivity index (χ2n) is 6.71. The number of carbonyl (C=O) groups excluding carboxylic acids is 1. The second-order valence-corrected chi connectivity index (χ2v) is 6.71. The average Bonchev–Trinajstić information content (AvgIpc) is 3.06. The van der Waals surface area contributed by atoms with Gasteiger partial charge in [-0.15, -0.1) is 0 Å². The first-order valence-corrected chi connectivity index (χ1v) is 8.60. The van der Waals surface area contributed by atoms with Crippen molar-refractivity contribution in [2.24, 2.45) is 0 Å². The molecule has 1 amide bonds. The molecule has 124 valence electrons. The Balaban J connectivity index is 1.58. The molecule has 1 atom stereocenters. The predicted molar refractivity (Wildman–Crippen MR) is 90.8 cm³/mol. The number of hydrogen-bond acceptors (Lipinski definition) is 3. The van der Waals surface area contributed by atoms with Gasteiger partial charge in [-0.05, 0) is 49.3 Å². The number of amides is 1. The largest absolute Gasteiger partial charge is 0.336 e. The molecule has 1 aliphatic heterocycles. The molecule has 0 radical (unpaired) electrons. The van der Waals surface area contributed by atoms with Crippen LogP contribution in [0.4, 0.5) is 0 Å². The summed E-state index contributed by atoms with van der Waals surface area (Å²) in [5.41, 5.74) is 4.34. The highest BCUT2D eigenvalue weighted by Crippen LogP contribution is 2.22. The van der Waals surface area contributed by atoms with Crippen LogP contribution in [0.15, 0.2) is 35.1 Å². The fourth-order valence-corrected chi connectivity index (χ4v) is 3.75. The van der Waals surface area contributed by atoms with Crippen molar-refractivity contribution in [1.29, 1.82) is 0 Å². The molecule has 4 rings (SSSR count). The van der Waals surface area contributed by atoms with Crippen LogP contribution in [-0.4, -0.2) is 27.1 Å². The number of nitrogens with zero attached hydrogens (tertiary/aromatic N) is 3. The van der Waals surface area contributed by atoms with E-state index in [1.807, 2.05) is 17.0 Å². The van der Waals surface area contributed by atoms with E-state index in [1.54, 1.807) is 13.0 Å². The summed E-state index contributed by atoms with van der Waals surface area (Å²) in [7, 11) is 0. The molecule has 0 N–H and O–H groups in total. The van der Waals surface area contributed by atoms with Crippen LogP contribution in [0.1, 0.15) is 41.8 Å². The fourth-order valence-electron chi connectivity index (χ4n) is 3.75. The summed E-state index contributed by atoms with van der Waals surface area (Å²) < 4.78 is 1.37. The first kappa shape index (κ1) is 15.1. The Morgan fingerprint density at radius 1 is 1.12 bits per heavy atom. The van der Waals surface area contributed by atoms with E-state index in [0.717, 1.165) is 36.9 Å². The van der Waals surface area contributed by atoms with Crippen molar-refractivity contribution < 1.29 is 4.79 Å². The smallest absolute Gasteiger partial charge is 0.267 e. The van der Waals surface area contributed by atoms with Crippen LogP contribution in [0.5, 0.6) is 0 Å². The van der Waals surface area contributed by atoms with Gasteiger partial charge in [0.05, 0.1) is 5.69 Å². The third-order valence-corrected chi connectivity index (χ3v) is 5.15. The summed E-state index contributed by atoms with van der Waals surface area (Å²) in [5, 5.41) is 4.47. The van der Waals surface area contributed by atoms with E-state index in [0.29, 0.717) is 13.1 Å². The molecule has 0 bridgehead atoms. The molecule has 5 nitrogen and oxygen atoms in total. The second kappa shape index (κ2) is 5.89.